The molecule has 0 radical (unpaired) electrons. The Bertz CT molecular complexity index is 1120. The van der Waals surface area contributed by atoms with Gasteiger partial charge < -0.3 is 14.5 Å². The number of hydrogen-bond donors (Lipinski definition) is 0. The third kappa shape index (κ3) is 8.22. The molecule has 0 bridgehead atoms. The van der Waals surface area contributed by atoms with E-state index in [0.717, 1.165) is 55.9 Å². The van der Waals surface area contributed by atoms with Gasteiger partial charge in [-0.1, -0.05) is 19.0 Å². The fourth-order valence-electron chi connectivity index (χ4n) is 4.88. The van der Waals surface area contributed by atoms with E-state index in [2.05, 4.69) is 9.80 Å². The van der Waals surface area contributed by atoms with Gasteiger partial charge in [0, 0.05) is 75.3 Å². The molecule has 0 N–H and O–H groups in total. The number of nitrogens with zero attached hydrogens (tertiary/aromatic N) is 4. The van der Waals surface area contributed by atoms with Crippen LogP contribution in [0, 0.1) is 10.1 Å². The molecule has 2 fully saturated rings. The van der Waals surface area contributed by atoms with E-state index in [4.69, 9.17) is 16.3 Å². The average Bonchev–Trinajstić information content (AvgIpc) is 2.89. The first kappa shape index (κ1) is 30.5. The molecule has 8 nitrogen and oxygen atoms in total. The summed E-state index contributed by atoms with van der Waals surface area (Å²) in [4.78, 5) is 29.0. The number of nitro benzene ring substituents is 1. The summed E-state index contributed by atoms with van der Waals surface area (Å²) in [6.45, 7) is 5.47. The minimum atomic E-state index is -4.86. The predicted molar refractivity (Wildman–Crippen MR) is 144 cm³/mol. The van der Waals surface area contributed by atoms with E-state index >= 15 is 0 Å². The zero-order valence-electron chi connectivity index (χ0n) is 20.8. The molecule has 2 aliphatic rings. The van der Waals surface area contributed by atoms with Crippen molar-refractivity contribution < 1.29 is 27.6 Å². The van der Waals surface area contributed by atoms with Crippen LogP contribution in [0.5, 0.6) is 5.75 Å². The lowest BCUT2D eigenvalue weighted by Gasteiger charge is -2.36. The minimum absolute atomic E-state index is 0. The number of benzene rings is 2. The van der Waals surface area contributed by atoms with Crippen molar-refractivity contribution in [2.24, 2.45) is 0 Å². The number of piperidine rings is 1. The number of ether oxygens (including phenoxy) is 1. The van der Waals surface area contributed by atoms with Crippen LogP contribution in [0.4, 0.5) is 24.5 Å². The second-order valence-electron chi connectivity index (χ2n) is 9.54. The van der Waals surface area contributed by atoms with Crippen LogP contribution in [0.2, 0.25) is 5.02 Å². The lowest BCUT2D eigenvalue weighted by atomic mass is 10.1. The number of rotatable bonds is 8. The van der Waals surface area contributed by atoms with Gasteiger partial charge in [0.25, 0.3) is 5.69 Å². The molecule has 2 aromatic rings. The monoisotopic (exact) mass is 570 g/mol. The number of carbonyl (C=O) groups excluding carboxylic acids is 1. The predicted octanol–water partition coefficient (Wildman–Crippen LogP) is 5.88. The number of nitro groups is 1. The SMILES string of the molecule is C.O=C(CCCN1CCN(c2ccc(Cl)cc2)CC1)N1CCC(Oc2ccc([N+](=O)[O-])c(C(F)(F)F)c2)CC1. The molecule has 1 amide bonds. The first-order chi connectivity index (χ1) is 18.1. The number of piperazine rings is 1. The van der Waals surface area contributed by atoms with E-state index in [-0.39, 0.29) is 25.2 Å². The summed E-state index contributed by atoms with van der Waals surface area (Å²) in [6.07, 6.45) is -3.05. The van der Waals surface area contributed by atoms with Crippen molar-refractivity contribution in [2.45, 2.75) is 45.4 Å². The van der Waals surface area contributed by atoms with Crippen LogP contribution in [-0.4, -0.2) is 72.5 Å². The van der Waals surface area contributed by atoms with Crippen LogP contribution >= 0.6 is 11.6 Å². The van der Waals surface area contributed by atoms with Crippen LogP contribution < -0.4 is 9.64 Å². The fraction of sp³-hybridized carbons (Fsp3) is 0.519. The highest BCUT2D eigenvalue weighted by molar-refractivity contribution is 6.30. The molecule has 0 aromatic heterocycles. The Morgan fingerprint density at radius 3 is 2.26 bits per heavy atom. The number of alkyl halides is 3. The summed E-state index contributed by atoms with van der Waals surface area (Å²) in [5.74, 6) is 0.00167. The standard InChI is InChI=1S/C26H30ClF3N4O4.CH4/c27-19-3-5-20(6-4-19)32-16-14-31(15-17-32)11-1-2-25(35)33-12-9-21(10-13-33)38-22-7-8-24(34(36)37)23(18-22)26(28,29)30;/h3-8,18,21H,1-2,9-17H2;1H4. The van der Waals surface area contributed by atoms with Crippen molar-refractivity contribution in [1.82, 2.24) is 9.80 Å². The summed E-state index contributed by atoms with van der Waals surface area (Å²) in [5.41, 5.74) is -1.18. The Hall–Kier alpha value is -3.05. The maximum atomic E-state index is 13.2. The van der Waals surface area contributed by atoms with Gasteiger partial charge in [0.15, 0.2) is 0 Å². The molecule has 0 atom stereocenters. The van der Waals surface area contributed by atoms with E-state index in [1.165, 1.54) is 6.07 Å². The van der Waals surface area contributed by atoms with E-state index in [9.17, 15) is 28.1 Å². The number of halogens is 4. The van der Waals surface area contributed by atoms with Crippen molar-refractivity contribution in [3.63, 3.8) is 0 Å². The van der Waals surface area contributed by atoms with Gasteiger partial charge in [-0.2, -0.15) is 13.2 Å². The third-order valence-electron chi connectivity index (χ3n) is 7.00. The summed E-state index contributed by atoms with van der Waals surface area (Å²) in [6, 6.07) is 10.5. The normalized spacial score (nSPS) is 17.0. The first-order valence-electron chi connectivity index (χ1n) is 12.6. The van der Waals surface area contributed by atoms with Crippen LogP contribution in [0.15, 0.2) is 42.5 Å². The van der Waals surface area contributed by atoms with Gasteiger partial charge in [0.05, 0.1) is 4.92 Å². The molecule has 2 aromatic carbocycles. The van der Waals surface area contributed by atoms with Gasteiger partial charge in [-0.3, -0.25) is 19.8 Å². The fourth-order valence-corrected chi connectivity index (χ4v) is 5.01. The molecular weight excluding hydrogens is 537 g/mol. The maximum Gasteiger partial charge on any atom is 0.423 e. The molecule has 0 saturated carbocycles. The van der Waals surface area contributed by atoms with Gasteiger partial charge in [0.1, 0.15) is 17.4 Å². The number of hydrogen-bond acceptors (Lipinski definition) is 6. The number of carbonyl (C=O) groups is 1. The quantitative estimate of drug-likeness (QED) is 0.291. The Balaban J connectivity index is 0.00000420. The topological polar surface area (TPSA) is 79.2 Å². The summed E-state index contributed by atoms with van der Waals surface area (Å²) >= 11 is 5.97. The molecule has 0 unspecified atom stereocenters. The van der Waals surface area contributed by atoms with Gasteiger partial charge in [-0.15, -0.1) is 0 Å². The first-order valence-corrected chi connectivity index (χ1v) is 13.0. The van der Waals surface area contributed by atoms with E-state index in [1.807, 2.05) is 24.3 Å². The van der Waals surface area contributed by atoms with Crippen LogP contribution in [-0.2, 0) is 11.0 Å². The lowest BCUT2D eigenvalue weighted by molar-refractivity contribution is -0.388. The zero-order chi connectivity index (χ0) is 27.3. The number of likely N-dealkylation sites (tertiary alicyclic amines) is 1. The molecule has 0 aliphatic carbocycles. The van der Waals surface area contributed by atoms with E-state index in [0.29, 0.717) is 38.4 Å². The van der Waals surface area contributed by atoms with Gasteiger partial charge >= 0.3 is 6.18 Å². The molecule has 4 rings (SSSR count). The highest BCUT2D eigenvalue weighted by Crippen LogP contribution is 2.38. The highest BCUT2D eigenvalue weighted by atomic mass is 35.5. The number of anilines is 1. The molecule has 2 heterocycles. The van der Waals surface area contributed by atoms with E-state index in [1.54, 1.807) is 4.90 Å². The summed E-state index contributed by atoms with van der Waals surface area (Å²) < 4.78 is 45.3. The molecule has 2 saturated heterocycles. The second kappa shape index (κ2) is 13.3. The third-order valence-corrected chi connectivity index (χ3v) is 7.25. The molecular formula is C27H34ClF3N4O4. The Labute approximate surface area is 231 Å². The van der Waals surface area contributed by atoms with Crippen molar-refractivity contribution >= 4 is 28.9 Å². The van der Waals surface area contributed by atoms with Crippen molar-refractivity contribution in [3.05, 3.63) is 63.2 Å². The largest absolute Gasteiger partial charge is 0.490 e. The molecule has 39 heavy (non-hydrogen) atoms. The van der Waals surface area contributed by atoms with Gasteiger partial charge in [-0.25, -0.2) is 0 Å². The van der Waals surface area contributed by atoms with Crippen molar-refractivity contribution in [2.75, 3.05) is 50.7 Å². The number of amides is 1. The zero-order valence-corrected chi connectivity index (χ0v) is 21.6. The lowest BCUT2D eigenvalue weighted by Crippen LogP contribution is -2.47. The van der Waals surface area contributed by atoms with Gasteiger partial charge in [0.2, 0.25) is 5.91 Å². The van der Waals surface area contributed by atoms with Crippen LogP contribution in [0.3, 0.4) is 0 Å². The van der Waals surface area contributed by atoms with Crippen molar-refractivity contribution in [1.29, 1.82) is 0 Å². The maximum absolute atomic E-state index is 13.2. The van der Waals surface area contributed by atoms with Crippen molar-refractivity contribution in [3.8, 4) is 5.75 Å². The van der Waals surface area contributed by atoms with Gasteiger partial charge in [-0.05, 0) is 49.4 Å². The Morgan fingerprint density at radius 1 is 1.03 bits per heavy atom. The molecule has 2 aliphatic heterocycles. The Morgan fingerprint density at radius 2 is 1.67 bits per heavy atom. The summed E-state index contributed by atoms with van der Waals surface area (Å²) in [5, 5.41) is 11.6. The van der Waals surface area contributed by atoms with Crippen LogP contribution in [0.1, 0.15) is 38.7 Å². The van der Waals surface area contributed by atoms with Crippen LogP contribution in [0.25, 0.3) is 0 Å². The smallest absolute Gasteiger partial charge is 0.423 e. The second-order valence-corrected chi connectivity index (χ2v) is 9.98. The van der Waals surface area contributed by atoms with E-state index < -0.39 is 22.4 Å². The molecule has 12 heteroatoms. The molecule has 214 valence electrons. The minimum Gasteiger partial charge on any atom is -0.490 e. The molecule has 0 spiro atoms. The summed E-state index contributed by atoms with van der Waals surface area (Å²) in [7, 11) is 0. The Kier molecular flexibility index (Phi) is 10.4. The average molecular weight is 571 g/mol. The highest BCUT2D eigenvalue weighted by Gasteiger charge is 2.39.